The van der Waals surface area contributed by atoms with Gasteiger partial charge in [0.05, 0.1) is 17.8 Å². The van der Waals surface area contributed by atoms with Gasteiger partial charge in [-0.15, -0.1) is 11.3 Å². The van der Waals surface area contributed by atoms with Crippen molar-refractivity contribution in [1.82, 2.24) is 4.98 Å². The summed E-state index contributed by atoms with van der Waals surface area (Å²) in [4.78, 5) is 16.6. The number of nitrogens with zero attached hydrogens (tertiary/aromatic N) is 1. The maximum absolute atomic E-state index is 12.1. The molecule has 0 radical (unpaired) electrons. The van der Waals surface area contributed by atoms with Crippen molar-refractivity contribution in [3.05, 3.63) is 57.9 Å². The molecule has 0 unspecified atom stereocenters. The molecule has 0 spiro atoms. The molecule has 1 N–H and O–H groups in total. The summed E-state index contributed by atoms with van der Waals surface area (Å²) in [7, 11) is 1.57. The molecular formula is C20H19ClN2O3S. The second kappa shape index (κ2) is 8.41. The monoisotopic (exact) mass is 402 g/mol. The normalized spacial score (nSPS) is 10.5. The molecule has 27 heavy (non-hydrogen) atoms. The molecule has 0 saturated heterocycles. The lowest BCUT2D eigenvalue weighted by atomic mass is 10.1. The highest BCUT2D eigenvalue weighted by molar-refractivity contribution is 7.14. The number of carbonyl (C=O) groups is 1. The van der Waals surface area contributed by atoms with Gasteiger partial charge in [0.25, 0.3) is 5.91 Å². The van der Waals surface area contributed by atoms with Gasteiger partial charge in [-0.25, -0.2) is 4.98 Å². The van der Waals surface area contributed by atoms with Crippen molar-refractivity contribution in [2.45, 2.75) is 13.8 Å². The highest BCUT2D eigenvalue weighted by atomic mass is 35.5. The maximum atomic E-state index is 12.1. The molecule has 3 rings (SSSR count). The third kappa shape index (κ3) is 4.78. The first-order valence-electron chi connectivity index (χ1n) is 8.25. The quantitative estimate of drug-likeness (QED) is 0.622. The van der Waals surface area contributed by atoms with Gasteiger partial charge in [0.2, 0.25) is 0 Å². The van der Waals surface area contributed by atoms with Gasteiger partial charge in [-0.05, 0) is 43.7 Å². The lowest BCUT2D eigenvalue weighted by molar-refractivity contribution is -0.118. The zero-order chi connectivity index (χ0) is 19.4. The van der Waals surface area contributed by atoms with Crippen molar-refractivity contribution in [3.63, 3.8) is 0 Å². The molecule has 0 aliphatic rings. The van der Waals surface area contributed by atoms with E-state index in [2.05, 4.69) is 10.3 Å². The molecule has 2 aromatic carbocycles. The van der Waals surface area contributed by atoms with E-state index in [0.29, 0.717) is 21.7 Å². The van der Waals surface area contributed by atoms with Crippen molar-refractivity contribution in [2.75, 3.05) is 19.0 Å². The smallest absolute Gasteiger partial charge is 0.264 e. The SMILES string of the molecule is COc1ccc(-c2csc(NC(=O)COc3ccc(C)cc3C)n2)cc1Cl. The van der Waals surface area contributed by atoms with E-state index in [0.717, 1.165) is 22.4 Å². The fourth-order valence-electron chi connectivity index (χ4n) is 2.55. The van der Waals surface area contributed by atoms with Crippen LogP contribution in [-0.4, -0.2) is 24.6 Å². The highest BCUT2D eigenvalue weighted by Crippen LogP contribution is 2.31. The molecule has 1 aromatic heterocycles. The number of hydrogen-bond acceptors (Lipinski definition) is 5. The number of amides is 1. The van der Waals surface area contributed by atoms with Crippen molar-refractivity contribution in [1.29, 1.82) is 0 Å². The highest BCUT2D eigenvalue weighted by Gasteiger charge is 2.11. The van der Waals surface area contributed by atoms with E-state index in [-0.39, 0.29) is 12.5 Å². The average molecular weight is 403 g/mol. The Bertz CT molecular complexity index is 972. The summed E-state index contributed by atoms with van der Waals surface area (Å²) >= 11 is 7.50. The Hall–Kier alpha value is -2.57. The van der Waals surface area contributed by atoms with Gasteiger partial charge in [-0.1, -0.05) is 29.3 Å². The topological polar surface area (TPSA) is 60.5 Å². The van der Waals surface area contributed by atoms with Gasteiger partial charge in [-0.3, -0.25) is 10.1 Å². The number of thiazole rings is 1. The zero-order valence-corrected chi connectivity index (χ0v) is 16.8. The Morgan fingerprint density at radius 1 is 1.19 bits per heavy atom. The molecule has 3 aromatic rings. The van der Waals surface area contributed by atoms with Gasteiger partial charge < -0.3 is 9.47 Å². The number of aromatic nitrogens is 1. The Kier molecular flexibility index (Phi) is 5.98. The van der Waals surface area contributed by atoms with Crippen LogP contribution in [0.4, 0.5) is 5.13 Å². The van der Waals surface area contributed by atoms with Crippen LogP contribution in [0.1, 0.15) is 11.1 Å². The molecule has 0 atom stereocenters. The molecule has 0 fully saturated rings. The molecule has 0 aliphatic carbocycles. The third-order valence-corrected chi connectivity index (χ3v) is 4.94. The minimum absolute atomic E-state index is 0.0762. The number of anilines is 1. The van der Waals surface area contributed by atoms with Crippen LogP contribution in [-0.2, 0) is 4.79 Å². The standard InChI is InChI=1S/C20H19ClN2O3S/c1-12-4-6-17(13(2)8-12)26-10-19(24)23-20-22-16(11-27-20)14-5-7-18(25-3)15(21)9-14/h4-9,11H,10H2,1-3H3,(H,22,23,24). The van der Waals surface area contributed by atoms with Gasteiger partial charge in [0.15, 0.2) is 11.7 Å². The lowest BCUT2D eigenvalue weighted by Crippen LogP contribution is -2.20. The first kappa shape index (κ1) is 19.2. The van der Waals surface area contributed by atoms with E-state index in [1.807, 2.05) is 43.5 Å². The van der Waals surface area contributed by atoms with Gasteiger partial charge in [0.1, 0.15) is 11.5 Å². The fraction of sp³-hybridized carbons (Fsp3) is 0.200. The molecule has 1 heterocycles. The molecule has 0 aliphatic heterocycles. The number of nitrogens with one attached hydrogen (secondary N) is 1. The number of methoxy groups -OCH3 is 1. The average Bonchev–Trinajstić information content (AvgIpc) is 3.09. The summed E-state index contributed by atoms with van der Waals surface area (Å²) < 4.78 is 10.7. The first-order valence-corrected chi connectivity index (χ1v) is 9.51. The van der Waals surface area contributed by atoms with Crippen LogP contribution in [0.15, 0.2) is 41.8 Å². The zero-order valence-electron chi connectivity index (χ0n) is 15.2. The van der Waals surface area contributed by atoms with E-state index < -0.39 is 0 Å². The summed E-state index contributed by atoms with van der Waals surface area (Å²) in [6.07, 6.45) is 0. The number of benzene rings is 2. The van der Waals surface area contributed by atoms with Crippen molar-refractivity contribution in [2.24, 2.45) is 0 Å². The van der Waals surface area contributed by atoms with Gasteiger partial charge >= 0.3 is 0 Å². The molecule has 0 saturated carbocycles. The number of carbonyl (C=O) groups excluding carboxylic acids is 1. The number of ether oxygens (including phenoxy) is 2. The van der Waals surface area contributed by atoms with Crippen LogP contribution < -0.4 is 14.8 Å². The molecule has 5 nitrogen and oxygen atoms in total. The van der Waals surface area contributed by atoms with E-state index in [4.69, 9.17) is 21.1 Å². The third-order valence-electron chi connectivity index (χ3n) is 3.89. The number of rotatable bonds is 6. The molecule has 1 amide bonds. The second-order valence-corrected chi connectivity index (χ2v) is 7.26. The minimum Gasteiger partial charge on any atom is -0.495 e. The summed E-state index contributed by atoms with van der Waals surface area (Å²) in [5.41, 5.74) is 3.73. The predicted molar refractivity (Wildman–Crippen MR) is 109 cm³/mol. The lowest BCUT2D eigenvalue weighted by Gasteiger charge is -2.09. The molecule has 0 bridgehead atoms. The summed E-state index contributed by atoms with van der Waals surface area (Å²) in [5.74, 6) is 1.04. The van der Waals surface area contributed by atoms with Crippen molar-refractivity contribution in [3.8, 4) is 22.8 Å². The van der Waals surface area contributed by atoms with Crippen LogP contribution in [0.25, 0.3) is 11.3 Å². The fourth-order valence-corrected chi connectivity index (χ4v) is 3.54. The van der Waals surface area contributed by atoms with Crippen LogP contribution >= 0.6 is 22.9 Å². The number of aryl methyl sites for hydroxylation is 2. The minimum atomic E-state index is -0.261. The van der Waals surface area contributed by atoms with Gasteiger partial charge in [-0.2, -0.15) is 0 Å². The van der Waals surface area contributed by atoms with Crippen molar-refractivity contribution >= 4 is 34.0 Å². The van der Waals surface area contributed by atoms with Crippen LogP contribution in [0.3, 0.4) is 0 Å². The molecule has 140 valence electrons. The van der Waals surface area contributed by atoms with Crippen LogP contribution in [0.2, 0.25) is 5.02 Å². The van der Waals surface area contributed by atoms with Crippen LogP contribution in [0, 0.1) is 13.8 Å². The molecule has 7 heteroatoms. The Labute approximate surface area is 166 Å². The Morgan fingerprint density at radius 2 is 1.96 bits per heavy atom. The van der Waals surface area contributed by atoms with Gasteiger partial charge in [0, 0.05) is 10.9 Å². The predicted octanol–water partition coefficient (Wildman–Crippen LogP) is 5.11. The maximum Gasteiger partial charge on any atom is 0.264 e. The Balaban J connectivity index is 1.61. The largest absolute Gasteiger partial charge is 0.495 e. The van der Waals surface area contributed by atoms with E-state index in [1.54, 1.807) is 19.2 Å². The second-order valence-electron chi connectivity index (χ2n) is 5.99. The van der Waals surface area contributed by atoms with E-state index in [1.165, 1.54) is 11.3 Å². The van der Waals surface area contributed by atoms with Crippen LogP contribution in [0.5, 0.6) is 11.5 Å². The first-order chi connectivity index (χ1) is 13.0. The van der Waals surface area contributed by atoms with E-state index >= 15 is 0 Å². The summed E-state index contributed by atoms with van der Waals surface area (Å²) in [6, 6.07) is 11.3. The number of halogens is 1. The summed E-state index contributed by atoms with van der Waals surface area (Å²) in [5, 5.41) is 5.63. The Morgan fingerprint density at radius 3 is 2.67 bits per heavy atom. The molecular weight excluding hydrogens is 384 g/mol. The summed E-state index contributed by atoms with van der Waals surface area (Å²) in [6.45, 7) is 3.89. The van der Waals surface area contributed by atoms with Crippen molar-refractivity contribution < 1.29 is 14.3 Å². The van der Waals surface area contributed by atoms with E-state index in [9.17, 15) is 4.79 Å². The number of hydrogen-bond donors (Lipinski definition) is 1.